The molecule has 0 bridgehead atoms. The van der Waals surface area contributed by atoms with Gasteiger partial charge in [0.25, 0.3) is 11.8 Å². The maximum Gasteiger partial charge on any atom is 0.412 e. The Kier molecular flexibility index (Phi) is 10.6. The minimum atomic E-state index is -1.08. The summed E-state index contributed by atoms with van der Waals surface area (Å²) in [5, 5.41) is 17.9. The maximum absolute atomic E-state index is 13.0. The summed E-state index contributed by atoms with van der Waals surface area (Å²) in [7, 11) is 0. The summed E-state index contributed by atoms with van der Waals surface area (Å²) in [4.78, 5) is 49.0. The number of H-pyrrole nitrogens is 1. The van der Waals surface area contributed by atoms with Crippen molar-refractivity contribution in [3.05, 3.63) is 161 Å². The van der Waals surface area contributed by atoms with Crippen LogP contribution in [0, 0.1) is 12.7 Å². The van der Waals surface area contributed by atoms with Crippen molar-refractivity contribution in [2.24, 2.45) is 0 Å². The first-order chi connectivity index (χ1) is 27.4. The molecule has 2 aliphatic heterocycles. The molecular formula is C44H39FN6O6. The van der Waals surface area contributed by atoms with E-state index in [2.05, 4.69) is 31.5 Å². The van der Waals surface area contributed by atoms with Gasteiger partial charge in [0.05, 0.1) is 30.2 Å². The summed E-state index contributed by atoms with van der Waals surface area (Å²) in [5.74, 6) is -1.01. The van der Waals surface area contributed by atoms with Crippen LogP contribution in [0.1, 0.15) is 51.3 Å². The van der Waals surface area contributed by atoms with Gasteiger partial charge in [-0.1, -0.05) is 60.2 Å². The SMILES string of the molecule is C[C@]1(CNC(=O)c2ccc(F)cc2)OC(=O)Nc2ccc(-c3ccn[nH]3)cc21.Cc1ccc(C(=O)NC[C@@]2(C)OC(=O)Nc3ccc(-c4ccccc4)cc32)cc1. The zero-order valence-electron chi connectivity index (χ0n) is 31.3. The van der Waals surface area contributed by atoms with Crippen LogP contribution >= 0.6 is 0 Å². The van der Waals surface area contributed by atoms with Crippen LogP contribution in [0.3, 0.4) is 0 Å². The molecule has 3 heterocycles. The lowest BCUT2D eigenvalue weighted by Crippen LogP contribution is -2.46. The van der Waals surface area contributed by atoms with Gasteiger partial charge in [-0.25, -0.2) is 14.0 Å². The number of rotatable bonds is 8. The quantitative estimate of drug-likeness (QED) is 0.104. The van der Waals surface area contributed by atoms with Crippen molar-refractivity contribution < 1.29 is 33.0 Å². The van der Waals surface area contributed by atoms with E-state index in [4.69, 9.17) is 9.47 Å². The van der Waals surface area contributed by atoms with Crippen molar-refractivity contribution in [3.8, 4) is 22.4 Å². The first-order valence-electron chi connectivity index (χ1n) is 18.1. The molecule has 0 fully saturated rings. The molecule has 13 heteroatoms. The molecule has 0 spiro atoms. The highest BCUT2D eigenvalue weighted by atomic mass is 19.1. The van der Waals surface area contributed by atoms with Crippen LogP contribution < -0.4 is 21.3 Å². The summed E-state index contributed by atoms with van der Waals surface area (Å²) in [5.41, 5.74) is 6.51. The number of nitrogens with zero attached hydrogens (tertiary/aromatic N) is 1. The molecule has 12 nitrogen and oxygen atoms in total. The predicted octanol–water partition coefficient (Wildman–Crippen LogP) is 8.29. The second-order valence-corrected chi connectivity index (χ2v) is 14.1. The third-order valence-corrected chi connectivity index (χ3v) is 9.80. The highest BCUT2D eigenvalue weighted by molar-refractivity contribution is 5.95. The Hall–Kier alpha value is -7.28. The number of aromatic nitrogens is 2. The largest absolute Gasteiger partial charge is 0.436 e. The zero-order valence-corrected chi connectivity index (χ0v) is 31.3. The fraction of sp³-hybridized carbons (Fsp3) is 0.159. The number of halogens is 1. The first kappa shape index (κ1) is 38.0. The normalized spacial score (nSPS) is 17.8. The molecule has 1 aromatic heterocycles. The topological polar surface area (TPSA) is 164 Å². The molecule has 8 rings (SSSR count). The number of anilines is 2. The Morgan fingerprint density at radius 2 is 1.16 bits per heavy atom. The van der Waals surface area contributed by atoms with Crippen LogP contribution in [0.2, 0.25) is 0 Å². The van der Waals surface area contributed by atoms with Gasteiger partial charge in [-0.05, 0) is 98.6 Å². The van der Waals surface area contributed by atoms with Gasteiger partial charge in [0, 0.05) is 34.0 Å². The number of carbonyl (C=O) groups excluding carboxylic acids is 4. The number of amides is 4. The molecular weight excluding hydrogens is 728 g/mol. The molecule has 0 saturated carbocycles. The second kappa shape index (κ2) is 15.8. The molecule has 288 valence electrons. The van der Waals surface area contributed by atoms with Crippen molar-refractivity contribution in [2.75, 3.05) is 23.7 Å². The first-order valence-corrected chi connectivity index (χ1v) is 18.1. The third kappa shape index (κ3) is 8.52. The van der Waals surface area contributed by atoms with Crippen molar-refractivity contribution in [1.29, 1.82) is 0 Å². The van der Waals surface area contributed by atoms with E-state index >= 15 is 0 Å². The molecule has 2 atom stereocenters. The van der Waals surface area contributed by atoms with Crippen molar-refractivity contribution in [1.82, 2.24) is 20.8 Å². The number of hydrogen-bond acceptors (Lipinski definition) is 7. The van der Waals surface area contributed by atoms with E-state index < -0.39 is 29.2 Å². The molecule has 0 saturated heterocycles. The van der Waals surface area contributed by atoms with Crippen LogP contribution in [0.25, 0.3) is 22.4 Å². The third-order valence-electron chi connectivity index (χ3n) is 9.80. The van der Waals surface area contributed by atoms with Crippen LogP contribution in [-0.4, -0.2) is 47.3 Å². The van der Waals surface area contributed by atoms with E-state index in [-0.39, 0.29) is 24.9 Å². The van der Waals surface area contributed by atoms with E-state index in [0.717, 1.165) is 39.1 Å². The standard InChI is InChI=1S/C24H22N2O3.C20H17FN4O3/c1-16-8-10-18(11-9-16)22(27)25-15-24(2)20-14-19(17-6-4-3-5-7-17)12-13-21(20)26-23(28)29-24;1-20(11-22-18(26)12-2-5-14(21)6-3-12)15-10-13(16-8-9-23-25-16)4-7-17(15)24-19(27)28-20/h3-14H,15H2,1-2H3,(H,25,27)(H,26,28);2-10H,11H2,1H3,(H,22,26)(H,23,25)(H,24,27)/t24-;20-/m11/s1. The van der Waals surface area contributed by atoms with Crippen LogP contribution in [0.5, 0.6) is 0 Å². The Morgan fingerprint density at radius 1 is 0.649 bits per heavy atom. The Labute approximate surface area is 327 Å². The average molecular weight is 767 g/mol. The molecule has 5 N–H and O–H groups in total. The fourth-order valence-electron chi connectivity index (χ4n) is 6.64. The van der Waals surface area contributed by atoms with E-state index in [0.29, 0.717) is 22.5 Å². The molecule has 0 unspecified atom stereocenters. The number of cyclic esters (lactones) is 2. The number of fused-ring (bicyclic) bond motifs is 2. The van der Waals surface area contributed by atoms with Gasteiger partial charge in [0.1, 0.15) is 5.82 Å². The smallest absolute Gasteiger partial charge is 0.412 e. The van der Waals surface area contributed by atoms with Gasteiger partial charge in [-0.2, -0.15) is 5.10 Å². The molecule has 5 aromatic carbocycles. The maximum atomic E-state index is 13.0. The van der Waals surface area contributed by atoms with E-state index in [9.17, 15) is 23.6 Å². The number of hydrogen-bond donors (Lipinski definition) is 5. The van der Waals surface area contributed by atoms with Gasteiger partial charge < -0.3 is 20.1 Å². The van der Waals surface area contributed by atoms with Crippen molar-refractivity contribution in [3.63, 3.8) is 0 Å². The molecule has 0 radical (unpaired) electrons. The van der Waals surface area contributed by atoms with Gasteiger partial charge in [0.15, 0.2) is 11.2 Å². The molecule has 4 amide bonds. The van der Waals surface area contributed by atoms with E-state index in [1.807, 2.05) is 92.7 Å². The minimum absolute atomic E-state index is 0.0516. The second-order valence-electron chi connectivity index (χ2n) is 14.1. The number of aromatic amines is 1. The van der Waals surface area contributed by atoms with Gasteiger partial charge >= 0.3 is 12.2 Å². The summed E-state index contributed by atoms with van der Waals surface area (Å²) in [6, 6.07) is 35.7. The predicted molar refractivity (Wildman–Crippen MR) is 213 cm³/mol. The lowest BCUT2D eigenvalue weighted by atomic mass is 9.89. The summed E-state index contributed by atoms with van der Waals surface area (Å²) >= 11 is 0. The summed E-state index contributed by atoms with van der Waals surface area (Å²) in [6.45, 7) is 5.73. The van der Waals surface area contributed by atoms with Gasteiger partial charge in [0.2, 0.25) is 0 Å². The van der Waals surface area contributed by atoms with Gasteiger partial charge in [-0.3, -0.25) is 25.3 Å². The van der Waals surface area contributed by atoms with Crippen LogP contribution in [0.4, 0.5) is 25.4 Å². The highest BCUT2D eigenvalue weighted by Gasteiger charge is 2.40. The zero-order chi connectivity index (χ0) is 40.2. The molecule has 57 heavy (non-hydrogen) atoms. The number of ether oxygens (including phenoxy) is 2. The Balaban J connectivity index is 0.000000174. The fourth-order valence-corrected chi connectivity index (χ4v) is 6.64. The van der Waals surface area contributed by atoms with Crippen molar-refractivity contribution >= 4 is 35.4 Å². The van der Waals surface area contributed by atoms with Gasteiger partial charge in [-0.15, -0.1) is 0 Å². The molecule has 6 aromatic rings. The Bertz CT molecular complexity index is 2440. The number of carbonyl (C=O) groups is 4. The molecule has 2 aliphatic rings. The monoisotopic (exact) mass is 766 g/mol. The average Bonchev–Trinajstić information content (AvgIpc) is 3.76. The Morgan fingerprint density at radius 3 is 1.68 bits per heavy atom. The van der Waals surface area contributed by atoms with Crippen LogP contribution in [-0.2, 0) is 20.7 Å². The lowest BCUT2D eigenvalue weighted by Gasteiger charge is -2.36. The van der Waals surface area contributed by atoms with Crippen molar-refractivity contribution in [2.45, 2.75) is 32.0 Å². The number of aryl methyl sites for hydroxylation is 1. The summed E-state index contributed by atoms with van der Waals surface area (Å²) < 4.78 is 24.2. The van der Waals surface area contributed by atoms with E-state index in [1.165, 1.54) is 24.3 Å². The number of benzene rings is 5. The minimum Gasteiger partial charge on any atom is -0.436 e. The van der Waals surface area contributed by atoms with E-state index in [1.54, 1.807) is 31.3 Å². The molecule has 0 aliphatic carbocycles. The number of nitrogens with one attached hydrogen (secondary N) is 5. The summed E-state index contributed by atoms with van der Waals surface area (Å²) in [6.07, 6.45) is 0.521. The van der Waals surface area contributed by atoms with Crippen LogP contribution in [0.15, 0.2) is 128 Å². The lowest BCUT2D eigenvalue weighted by molar-refractivity contribution is 0.0258. The highest BCUT2D eigenvalue weighted by Crippen LogP contribution is 2.39.